The molecule has 1 aliphatic carbocycles. The minimum Gasteiger partial charge on any atom is -0.497 e. The van der Waals surface area contributed by atoms with E-state index in [1.807, 2.05) is 74.5 Å². The van der Waals surface area contributed by atoms with Crippen LogP contribution in [0.4, 0.5) is 10.2 Å². The molecule has 47 heavy (non-hydrogen) atoms. The zero-order valence-electron chi connectivity index (χ0n) is 27.1. The van der Waals surface area contributed by atoms with Crippen LogP contribution in [0.5, 0.6) is 11.5 Å². The van der Waals surface area contributed by atoms with Crippen LogP contribution >= 0.6 is 11.6 Å². The first kappa shape index (κ1) is 32.7. The van der Waals surface area contributed by atoms with E-state index in [4.69, 9.17) is 40.3 Å². The monoisotopic (exact) mass is 660 g/mol. The first-order valence-electron chi connectivity index (χ1n) is 15.5. The zero-order valence-corrected chi connectivity index (χ0v) is 27.8. The van der Waals surface area contributed by atoms with Crippen molar-refractivity contribution in [1.82, 2.24) is 4.98 Å². The minimum absolute atomic E-state index is 0.340. The van der Waals surface area contributed by atoms with E-state index in [9.17, 15) is 4.79 Å². The Morgan fingerprint density at radius 1 is 0.915 bits per heavy atom. The summed E-state index contributed by atoms with van der Waals surface area (Å²) < 4.78 is 44.0. The maximum Gasteiger partial charge on any atom is 0.303 e. The highest BCUT2D eigenvalue weighted by molar-refractivity contribution is 6.33. The normalized spacial score (nSPS) is 19.7. The summed E-state index contributed by atoms with van der Waals surface area (Å²) in [5.74, 6) is 0.499. The third kappa shape index (κ3) is 7.38. The molecule has 1 aliphatic heterocycles. The Labute approximate surface area is 279 Å². The van der Waals surface area contributed by atoms with Crippen molar-refractivity contribution < 1.29 is 32.9 Å². The maximum absolute atomic E-state index is 15.6. The van der Waals surface area contributed by atoms with Crippen molar-refractivity contribution >= 4 is 34.3 Å². The molecule has 0 amide bonds. The maximum atomic E-state index is 15.6. The summed E-state index contributed by atoms with van der Waals surface area (Å²) in [5, 5.41) is 0.700. The second-order valence-electron chi connectivity index (χ2n) is 12.3. The molecule has 0 N–H and O–H groups in total. The van der Waals surface area contributed by atoms with Crippen LogP contribution in [0.2, 0.25) is 5.02 Å². The molecule has 1 saturated heterocycles. The van der Waals surface area contributed by atoms with E-state index in [-0.39, 0.29) is 12.1 Å². The molecule has 2 heterocycles. The van der Waals surface area contributed by atoms with E-state index in [2.05, 4.69) is 4.90 Å². The highest BCUT2D eigenvalue weighted by Crippen LogP contribution is 2.41. The van der Waals surface area contributed by atoms with Gasteiger partial charge in [0.2, 0.25) is 0 Å². The van der Waals surface area contributed by atoms with Crippen LogP contribution in [0, 0.1) is 5.82 Å². The number of nitrogens with zero attached hydrogens (tertiary/aromatic N) is 2. The van der Waals surface area contributed by atoms with E-state index in [0.29, 0.717) is 47.7 Å². The van der Waals surface area contributed by atoms with Crippen LogP contribution in [0.1, 0.15) is 43.9 Å². The predicted octanol–water partition coefficient (Wildman–Crippen LogP) is 7.58. The molecular formula is C37H38ClFN2O6. The number of hydrogen-bond donors (Lipinski definition) is 0. The molecular weight excluding hydrogens is 623 g/mol. The highest BCUT2D eigenvalue weighted by Gasteiger charge is 2.51. The van der Waals surface area contributed by atoms with E-state index in [0.717, 1.165) is 33.8 Å². The van der Waals surface area contributed by atoms with Crippen LogP contribution in [0.3, 0.4) is 0 Å². The van der Waals surface area contributed by atoms with Crippen molar-refractivity contribution in [2.45, 2.75) is 70.8 Å². The Balaban J connectivity index is 1.29. The number of methoxy groups -OCH3 is 2. The van der Waals surface area contributed by atoms with Gasteiger partial charge in [0.15, 0.2) is 5.79 Å². The van der Waals surface area contributed by atoms with Crippen LogP contribution in [0.15, 0.2) is 78.4 Å². The number of aryl methyl sites for hydroxylation is 1. The lowest BCUT2D eigenvalue weighted by atomic mass is 10.0. The Kier molecular flexibility index (Phi) is 9.41. The fourth-order valence-electron chi connectivity index (χ4n) is 6.25. The molecule has 3 atom stereocenters. The fraction of sp³-hybridized carbons (Fsp3) is 0.351. The summed E-state index contributed by atoms with van der Waals surface area (Å²) in [7, 11) is 3.27. The lowest BCUT2D eigenvalue weighted by Gasteiger charge is -2.26. The van der Waals surface area contributed by atoms with E-state index in [1.165, 1.54) is 13.0 Å². The SMILES string of the molecule is COc1ccc(CN(Cc2ccc(OC)cc2)c2nc3cc(CCC4=C[C@H](OC(C)=O)[C@@H]5OC(C)(C)O[C@H]45)cc(F)c3cc2Cl)cc1. The molecule has 246 valence electrons. The zero-order chi connectivity index (χ0) is 33.3. The summed E-state index contributed by atoms with van der Waals surface area (Å²) in [6.07, 6.45) is 1.72. The molecule has 2 aliphatic rings. The topological polar surface area (TPSA) is 79.4 Å². The van der Waals surface area contributed by atoms with Crippen molar-refractivity contribution in [3.8, 4) is 11.5 Å². The van der Waals surface area contributed by atoms with Gasteiger partial charge in [-0.1, -0.05) is 35.9 Å². The number of ether oxygens (including phenoxy) is 5. The number of aromatic nitrogens is 1. The van der Waals surface area contributed by atoms with Crippen molar-refractivity contribution in [2.75, 3.05) is 19.1 Å². The summed E-state index contributed by atoms with van der Waals surface area (Å²) in [6, 6.07) is 20.7. The molecule has 8 nitrogen and oxygen atoms in total. The van der Waals surface area contributed by atoms with E-state index in [1.54, 1.807) is 20.3 Å². The van der Waals surface area contributed by atoms with Crippen molar-refractivity contribution in [3.63, 3.8) is 0 Å². The van der Waals surface area contributed by atoms with E-state index < -0.39 is 23.8 Å². The first-order valence-corrected chi connectivity index (χ1v) is 15.9. The summed E-state index contributed by atoms with van der Waals surface area (Å²) in [5.41, 5.74) is 4.32. The Bertz CT molecular complexity index is 1740. The number of rotatable bonds is 11. The Morgan fingerprint density at radius 3 is 2.11 bits per heavy atom. The van der Waals surface area contributed by atoms with Gasteiger partial charge in [0.25, 0.3) is 0 Å². The summed E-state index contributed by atoms with van der Waals surface area (Å²) in [6.45, 7) is 6.08. The average molecular weight is 661 g/mol. The van der Waals surface area contributed by atoms with Gasteiger partial charge < -0.3 is 28.6 Å². The second-order valence-corrected chi connectivity index (χ2v) is 12.7. The van der Waals surface area contributed by atoms with Gasteiger partial charge in [-0.3, -0.25) is 4.79 Å². The molecule has 0 spiro atoms. The lowest BCUT2D eigenvalue weighted by Crippen LogP contribution is -2.32. The largest absolute Gasteiger partial charge is 0.497 e. The van der Waals surface area contributed by atoms with Crippen LogP contribution in [-0.2, 0) is 38.5 Å². The quantitative estimate of drug-likeness (QED) is 0.120. The Hall–Kier alpha value is -4.18. The second kappa shape index (κ2) is 13.5. The molecule has 0 unspecified atom stereocenters. The number of hydrogen-bond acceptors (Lipinski definition) is 8. The van der Waals surface area contributed by atoms with Crippen molar-refractivity contribution in [1.29, 1.82) is 0 Å². The molecule has 10 heteroatoms. The van der Waals surface area contributed by atoms with Crippen molar-refractivity contribution in [2.24, 2.45) is 0 Å². The summed E-state index contributed by atoms with van der Waals surface area (Å²) in [4.78, 5) is 18.8. The van der Waals surface area contributed by atoms with E-state index >= 15 is 4.39 Å². The molecule has 0 radical (unpaired) electrons. The van der Waals surface area contributed by atoms with Gasteiger partial charge in [0, 0.05) is 25.4 Å². The van der Waals surface area contributed by atoms with Gasteiger partial charge in [0.05, 0.1) is 24.8 Å². The third-order valence-corrected chi connectivity index (χ3v) is 8.72. The first-order chi connectivity index (χ1) is 22.5. The van der Waals surface area contributed by atoms with Gasteiger partial charge in [0.1, 0.15) is 41.4 Å². The number of esters is 1. The Morgan fingerprint density at radius 2 is 1.53 bits per heavy atom. The van der Waals surface area contributed by atoms with Crippen molar-refractivity contribution in [3.05, 3.63) is 106 Å². The van der Waals surface area contributed by atoms with Crippen LogP contribution < -0.4 is 14.4 Å². The van der Waals surface area contributed by atoms with Gasteiger partial charge in [-0.15, -0.1) is 0 Å². The molecule has 6 rings (SSSR count). The predicted molar refractivity (Wildman–Crippen MR) is 178 cm³/mol. The number of carbonyl (C=O) groups excluding carboxylic acids is 1. The number of benzene rings is 3. The number of anilines is 1. The van der Waals surface area contributed by atoms with Gasteiger partial charge in [-0.2, -0.15) is 0 Å². The fourth-order valence-corrected chi connectivity index (χ4v) is 6.52. The minimum atomic E-state index is -0.800. The van der Waals surface area contributed by atoms with Crippen LogP contribution in [0.25, 0.3) is 10.9 Å². The standard InChI is InChI=1S/C37H38ClFN2O6/c1-22(42)45-33-18-26(34-35(33)47-37(2,3)46-34)11-6-25-16-31(39)29-19-30(38)36(40-32(29)17-25)41(20-23-7-12-27(43-4)13-8-23)21-24-9-14-28(44-5)15-10-24/h7-10,12-19,33-35H,6,11,20-21H2,1-5H3/t33-,34+,35-/m0/s1. The molecule has 3 aromatic carbocycles. The number of fused-ring (bicyclic) bond motifs is 2. The molecule has 0 saturated carbocycles. The molecule has 1 aromatic heterocycles. The average Bonchev–Trinajstić information content (AvgIpc) is 3.52. The van der Waals surface area contributed by atoms with Gasteiger partial charge >= 0.3 is 5.97 Å². The van der Waals surface area contributed by atoms with Gasteiger partial charge in [-0.05, 0) is 97.5 Å². The smallest absolute Gasteiger partial charge is 0.303 e. The lowest BCUT2D eigenvalue weighted by molar-refractivity contribution is -0.166. The highest BCUT2D eigenvalue weighted by atomic mass is 35.5. The molecule has 4 aromatic rings. The van der Waals surface area contributed by atoms with Gasteiger partial charge in [-0.25, -0.2) is 9.37 Å². The number of halogens is 2. The van der Waals surface area contributed by atoms with Crippen LogP contribution in [-0.4, -0.2) is 49.3 Å². The molecule has 1 fully saturated rings. The number of pyridine rings is 1. The molecule has 0 bridgehead atoms. The summed E-state index contributed by atoms with van der Waals surface area (Å²) >= 11 is 6.83. The third-order valence-electron chi connectivity index (χ3n) is 8.44. The number of carbonyl (C=O) groups is 1.